The van der Waals surface area contributed by atoms with Crippen LogP contribution in [0.2, 0.25) is 10.0 Å². The minimum Gasteiger partial charge on any atom is -0.394 e. The van der Waals surface area contributed by atoms with Gasteiger partial charge in [0.2, 0.25) is 0 Å². The van der Waals surface area contributed by atoms with Crippen molar-refractivity contribution in [3.63, 3.8) is 0 Å². The third-order valence-corrected chi connectivity index (χ3v) is 5.56. The highest BCUT2D eigenvalue weighted by atomic mass is 35.5. The summed E-state index contributed by atoms with van der Waals surface area (Å²) >= 11 is 12.5. The summed E-state index contributed by atoms with van der Waals surface area (Å²) in [6.07, 6.45) is -4.99. The molecule has 0 bridgehead atoms. The van der Waals surface area contributed by atoms with Crippen molar-refractivity contribution in [2.75, 3.05) is 13.2 Å². The van der Waals surface area contributed by atoms with Crippen molar-refractivity contribution in [2.24, 2.45) is 0 Å². The van der Waals surface area contributed by atoms with Gasteiger partial charge in [0.25, 0.3) is 0 Å². The molecule has 0 spiro atoms. The molecule has 150 valence electrons. The summed E-state index contributed by atoms with van der Waals surface area (Å²) in [5, 5.41) is 21.5. The standard InChI is InChI=1S/C20H20Cl2O6/c21-13-7-3-1-5-11(13)19-25-10-16-18(17(24)15(9-23)26-19)28-20(27-16)12-6-2-4-8-14(12)22/h1-8,15-20,23-24H,9-10H2/t15-,16+,17+,18+,19?,20?/m0/s1. The number of hydrogen-bond acceptors (Lipinski definition) is 6. The topological polar surface area (TPSA) is 77.4 Å². The Balaban J connectivity index is 1.59. The van der Waals surface area contributed by atoms with Gasteiger partial charge in [0.1, 0.15) is 24.4 Å². The van der Waals surface area contributed by atoms with Crippen LogP contribution < -0.4 is 0 Å². The molecular weight excluding hydrogens is 407 g/mol. The fraction of sp³-hybridized carbons (Fsp3) is 0.400. The van der Waals surface area contributed by atoms with E-state index in [0.717, 1.165) is 0 Å². The van der Waals surface area contributed by atoms with E-state index in [2.05, 4.69) is 0 Å². The lowest BCUT2D eigenvalue weighted by Crippen LogP contribution is -2.49. The van der Waals surface area contributed by atoms with Crippen LogP contribution in [-0.2, 0) is 18.9 Å². The van der Waals surface area contributed by atoms with Gasteiger partial charge < -0.3 is 29.2 Å². The minimum atomic E-state index is -1.13. The fourth-order valence-electron chi connectivity index (χ4n) is 3.40. The van der Waals surface area contributed by atoms with Crippen LogP contribution in [0.15, 0.2) is 48.5 Å². The second kappa shape index (κ2) is 8.65. The summed E-state index contributed by atoms with van der Waals surface area (Å²) in [7, 11) is 0. The molecular formula is C20H20Cl2O6. The molecule has 2 N–H and O–H groups in total. The quantitative estimate of drug-likeness (QED) is 0.784. The Hall–Kier alpha value is -1.22. The van der Waals surface area contributed by atoms with E-state index in [1.165, 1.54) is 0 Å². The highest BCUT2D eigenvalue weighted by Crippen LogP contribution is 2.39. The Morgan fingerprint density at radius 1 is 0.857 bits per heavy atom. The second-order valence-electron chi connectivity index (χ2n) is 6.66. The Morgan fingerprint density at radius 2 is 1.46 bits per heavy atom. The summed E-state index contributed by atoms with van der Waals surface area (Å²) in [6.45, 7) is -0.314. The van der Waals surface area contributed by atoms with Gasteiger partial charge in [-0.25, -0.2) is 0 Å². The van der Waals surface area contributed by atoms with Gasteiger partial charge >= 0.3 is 0 Å². The van der Waals surface area contributed by atoms with E-state index in [0.29, 0.717) is 21.2 Å². The first-order valence-electron chi connectivity index (χ1n) is 8.94. The molecule has 2 fully saturated rings. The zero-order chi connectivity index (χ0) is 19.7. The molecule has 0 aromatic heterocycles. The lowest BCUT2D eigenvalue weighted by molar-refractivity contribution is -0.241. The van der Waals surface area contributed by atoms with Gasteiger partial charge in [-0.05, 0) is 12.1 Å². The molecule has 0 saturated carbocycles. The number of fused-ring (bicyclic) bond motifs is 1. The van der Waals surface area contributed by atoms with E-state index in [-0.39, 0.29) is 6.61 Å². The molecule has 8 heteroatoms. The molecule has 6 nitrogen and oxygen atoms in total. The smallest absolute Gasteiger partial charge is 0.186 e. The maximum Gasteiger partial charge on any atom is 0.186 e. The van der Waals surface area contributed by atoms with Gasteiger partial charge in [-0.3, -0.25) is 0 Å². The molecule has 2 aromatic carbocycles. The fourth-order valence-corrected chi connectivity index (χ4v) is 3.85. The molecule has 4 rings (SSSR count). The Morgan fingerprint density at radius 3 is 2.07 bits per heavy atom. The van der Waals surface area contributed by atoms with E-state index in [9.17, 15) is 10.2 Å². The third-order valence-electron chi connectivity index (χ3n) is 4.87. The first kappa shape index (κ1) is 20.1. The lowest BCUT2D eigenvalue weighted by atomic mass is 10.0. The molecule has 2 heterocycles. The summed E-state index contributed by atoms with van der Waals surface area (Å²) in [5.74, 6) is 0. The summed E-state index contributed by atoms with van der Waals surface area (Å²) in [5.41, 5.74) is 1.27. The predicted molar refractivity (Wildman–Crippen MR) is 102 cm³/mol. The highest BCUT2D eigenvalue weighted by Gasteiger charge is 2.47. The molecule has 28 heavy (non-hydrogen) atoms. The normalized spacial score (nSPS) is 33.1. The SMILES string of the molecule is OC[C@@H]1OC(c2ccccc2Cl)OC[C@H]2OC(c3ccccc3Cl)O[C@H]2[C@@H]1O. The zero-order valence-corrected chi connectivity index (χ0v) is 16.3. The molecule has 2 saturated heterocycles. The van der Waals surface area contributed by atoms with Gasteiger partial charge in [-0.1, -0.05) is 59.6 Å². The maximum absolute atomic E-state index is 10.8. The first-order chi connectivity index (χ1) is 13.6. The van der Waals surface area contributed by atoms with Crippen LogP contribution >= 0.6 is 23.2 Å². The number of aliphatic hydroxyl groups excluding tert-OH is 2. The van der Waals surface area contributed by atoms with E-state index in [1.807, 2.05) is 18.2 Å². The van der Waals surface area contributed by atoms with Gasteiger partial charge in [0.15, 0.2) is 12.6 Å². The van der Waals surface area contributed by atoms with Crippen LogP contribution in [-0.4, -0.2) is 47.8 Å². The van der Waals surface area contributed by atoms with Gasteiger partial charge in [-0.2, -0.15) is 0 Å². The number of benzene rings is 2. The largest absolute Gasteiger partial charge is 0.394 e. The van der Waals surface area contributed by atoms with Crippen LogP contribution in [0, 0.1) is 0 Å². The Kier molecular flexibility index (Phi) is 6.20. The molecule has 2 aliphatic heterocycles. The number of aliphatic hydroxyl groups is 2. The summed E-state index contributed by atoms with van der Waals surface area (Å²) in [4.78, 5) is 0. The van der Waals surface area contributed by atoms with Crippen LogP contribution in [0.5, 0.6) is 0 Å². The predicted octanol–water partition coefficient (Wildman–Crippen LogP) is 3.24. The number of hydrogen-bond donors (Lipinski definition) is 2. The Bertz CT molecular complexity index is 819. The maximum atomic E-state index is 10.8. The second-order valence-corrected chi connectivity index (χ2v) is 7.48. The van der Waals surface area contributed by atoms with E-state index in [1.54, 1.807) is 30.3 Å². The Labute approximate surface area is 172 Å². The number of rotatable bonds is 3. The number of halogens is 2. The summed E-state index contributed by atoms with van der Waals surface area (Å²) in [6, 6.07) is 14.3. The molecule has 0 amide bonds. The molecule has 6 atom stereocenters. The van der Waals surface area contributed by atoms with Gasteiger partial charge in [0.05, 0.1) is 13.2 Å². The average molecular weight is 427 g/mol. The van der Waals surface area contributed by atoms with Crippen molar-refractivity contribution in [1.82, 2.24) is 0 Å². The van der Waals surface area contributed by atoms with E-state index >= 15 is 0 Å². The van der Waals surface area contributed by atoms with Crippen molar-refractivity contribution in [1.29, 1.82) is 0 Å². The zero-order valence-electron chi connectivity index (χ0n) is 14.8. The minimum absolute atomic E-state index is 0.108. The summed E-state index contributed by atoms with van der Waals surface area (Å²) < 4.78 is 23.6. The molecule has 0 aliphatic carbocycles. The highest BCUT2D eigenvalue weighted by molar-refractivity contribution is 6.31. The van der Waals surface area contributed by atoms with E-state index in [4.69, 9.17) is 42.1 Å². The van der Waals surface area contributed by atoms with Crippen molar-refractivity contribution in [3.8, 4) is 0 Å². The van der Waals surface area contributed by atoms with Crippen molar-refractivity contribution >= 4 is 23.2 Å². The molecule has 0 radical (unpaired) electrons. The lowest BCUT2D eigenvalue weighted by Gasteiger charge is -2.34. The van der Waals surface area contributed by atoms with Crippen LogP contribution in [0.25, 0.3) is 0 Å². The van der Waals surface area contributed by atoms with Crippen LogP contribution in [0.4, 0.5) is 0 Å². The van der Waals surface area contributed by atoms with Crippen molar-refractivity contribution in [3.05, 3.63) is 69.7 Å². The number of ether oxygens (including phenoxy) is 4. The monoisotopic (exact) mass is 426 g/mol. The third kappa shape index (κ3) is 3.92. The average Bonchev–Trinajstić information content (AvgIpc) is 3.11. The van der Waals surface area contributed by atoms with Crippen LogP contribution in [0.3, 0.4) is 0 Å². The van der Waals surface area contributed by atoms with E-state index < -0.39 is 43.6 Å². The van der Waals surface area contributed by atoms with Crippen LogP contribution in [0.1, 0.15) is 23.7 Å². The molecule has 2 aromatic rings. The molecule has 2 aliphatic rings. The van der Waals surface area contributed by atoms with Crippen molar-refractivity contribution in [2.45, 2.75) is 37.0 Å². The molecule has 2 unspecified atom stereocenters. The van der Waals surface area contributed by atoms with Crippen molar-refractivity contribution < 1.29 is 29.2 Å². The van der Waals surface area contributed by atoms with Gasteiger partial charge in [-0.15, -0.1) is 0 Å². The first-order valence-corrected chi connectivity index (χ1v) is 9.70. The van der Waals surface area contributed by atoms with Gasteiger partial charge in [0, 0.05) is 21.2 Å².